The van der Waals surface area contributed by atoms with Gasteiger partial charge in [0.15, 0.2) is 0 Å². The second kappa shape index (κ2) is 21.0. The largest absolute Gasteiger partial charge is 0.453 e. The van der Waals surface area contributed by atoms with Crippen molar-refractivity contribution >= 4 is 24.4 Å². The number of unbranched alkanes of at least 4 members (excludes halogenated alkanes) is 6. The highest BCUT2D eigenvalue weighted by molar-refractivity contribution is 5.68. The Morgan fingerprint density at radius 2 is 0.939 bits per heavy atom. The summed E-state index contributed by atoms with van der Waals surface area (Å²) < 4.78 is 19.1. The number of carbonyl (C=O) groups is 4. The van der Waals surface area contributed by atoms with E-state index in [1.165, 1.54) is 14.2 Å². The lowest BCUT2D eigenvalue weighted by Crippen LogP contribution is -2.33. The molecule has 12 heteroatoms. The van der Waals surface area contributed by atoms with E-state index in [0.29, 0.717) is 26.2 Å². The average molecular weight is 477 g/mol. The number of hydrogen-bond donors (Lipinski definition) is 4. The molecule has 0 saturated carbocycles. The van der Waals surface area contributed by atoms with Crippen molar-refractivity contribution in [3.63, 3.8) is 0 Å². The molecule has 0 rings (SSSR count). The Kier molecular flexibility index (Phi) is 19.1. The van der Waals surface area contributed by atoms with Crippen LogP contribution >= 0.6 is 0 Å². The highest BCUT2D eigenvalue weighted by Gasteiger charge is 2.11. The van der Waals surface area contributed by atoms with Crippen molar-refractivity contribution < 1.29 is 38.1 Å². The van der Waals surface area contributed by atoms with Crippen LogP contribution in [0.25, 0.3) is 0 Å². The van der Waals surface area contributed by atoms with Crippen LogP contribution in [-0.2, 0) is 18.9 Å². The molecule has 0 aliphatic carbocycles. The van der Waals surface area contributed by atoms with Crippen LogP contribution in [0.2, 0.25) is 0 Å². The van der Waals surface area contributed by atoms with Gasteiger partial charge in [-0.15, -0.1) is 0 Å². The third-order valence-corrected chi connectivity index (χ3v) is 4.41. The fourth-order valence-corrected chi connectivity index (χ4v) is 2.62. The van der Waals surface area contributed by atoms with E-state index in [1.807, 2.05) is 0 Å². The molecule has 0 saturated heterocycles. The minimum atomic E-state index is -0.567. The Bertz CT molecular complexity index is 562. The standard InChI is InChI=1S/C21H40N4O8/c1-17(33-21(29)25-15-11-7-5-9-13-23-19(27)31-3)16-32-20(28)24-14-10-6-4-8-12-22-18(26)30-2/h17H,4-16H2,1-3H3,(H,22,26)(H,23,27)(H,24,28)(H,25,29). The minimum Gasteiger partial charge on any atom is -0.453 e. The fourth-order valence-electron chi connectivity index (χ4n) is 2.62. The van der Waals surface area contributed by atoms with E-state index in [-0.39, 0.29) is 6.61 Å². The van der Waals surface area contributed by atoms with Gasteiger partial charge in [0.05, 0.1) is 14.2 Å². The van der Waals surface area contributed by atoms with Crippen molar-refractivity contribution in [2.24, 2.45) is 0 Å². The molecule has 0 spiro atoms. The van der Waals surface area contributed by atoms with Crippen molar-refractivity contribution in [3.8, 4) is 0 Å². The Balaban J connectivity index is 3.53. The lowest BCUT2D eigenvalue weighted by Gasteiger charge is -2.14. The number of alkyl carbamates (subject to hydrolysis) is 4. The van der Waals surface area contributed by atoms with E-state index in [0.717, 1.165) is 51.4 Å². The summed E-state index contributed by atoms with van der Waals surface area (Å²) in [7, 11) is 2.64. The average Bonchev–Trinajstić information content (AvgIpc) is 2.80. The van der Waals surface area contributed by atoms with Crippen LogP contribution in [0.15, 0.2) is 0 Å². The first-order valence-corrected chi connectivity index (χ1v) is 11.4. The first-order valence-electron chi connectivity index (χ1n) is 11.4. The molecular weight excluding hydrogens is 436 g/mol. The van der Waals surface area contributed by atoms with E-state index < -0.39 is 30.5 Å². The van der Waals surface area contributed by atoms with Gasteiger partial charge in [0.1, 0.15) is 12.7 Å². The van der Waals surface area contributed by atoms with E-state index in [2.05, 4.69) is 30.7 Å². The maximum atomic E-state index is 11.7. The van der Waals surface area contributed by atoms with E-state index in [9.17, 15) is 19.2 Å². The highest BCUT2D eigenvalue weighted by Crippen LogP contribution is 2.00. The van der Waals surface area contributed by atoms with Crippen molar-refractivity contribution in [2.45, 2.75) is 64.4 Å². The SMILES string of the molecule is COC(=O)NCCCCCCNC(=O)OCC(C)OC(=O)NCCCCCCNC(=O)OC. The monoisotopic (exact) mass is 476 g/mol. The molecule has 0 aromatic heterocycles. The predicted octanol–water partition coefficient (Wildman–Crippen LogP) is 2.66. The molecular formula is C21H40N4O8. The normalized spacial score (nSPS) is 11.0. The van der Waals surface area contributed by atoms with E-state index >= 15 is 0 Å². The number of amides is 4. The summed E-state index contributed by atoms with van der Waals surface area (Å²) in [5.41, 5.74) is 0. The van der Waals surface area contributed by atoms with Gasteiger partial charge in [-0.3, -0.25) is 0 Å². The zero-order valence-electron chi connectivity index (χ0n) is 20.0. The maximum absolute atomic E-state index is 11.7. The summed E-state index contributed by atoms with van der Waals surface area (Å²) in [5.74, 6) is 0. The van der Waals surface area contributed by atoms with Gasteiger partial charge in [-0.2, -0.15) is 0 Å². The Morgan fingerprint density at radius 1 is 0.576 bits per heavy atom. The first kappa shape index (κ1) is 30.1. The molecule has 4 amide bonds. The first-order chi connectivity index (χ1) is 15.9. The molecule has 0 aromatic carbocycles. The minimum absolute atomic E-state index is 0.0361. The lowest BCUT2D eigenvalue weighted by atomic mass is 10.2. The third kappa shape index (κ3) is 20.7. The van der Waals surface area contributed by atoms with Gasteiger partial charge in [-0.1, -0.05) is 25.7 Å². The number of carbonyl (C=O) groups excluding carboxylic acids is 4. The van der Waals surface area contributed by atoms with E-state index in [4.69, 9.17) is 9.47 Å². The van der Waals surface area contributed by atoms with Gasteiger partial charge < -0.3 is 40.2 Å². The molecule has 4 N–H and O–H groups in total. The Morgan fingerprint density at radius 3 is 1.33 bits per heavy atom. The third-order valence-electron chi connectivity index (χ3n) is 4.41. The van der Waals surface area contributed by atoms with Crippen LogP contribution in [-0.4, -0.2) is 77.5 Å². The van der Waals surface area contributed by atoms with Gasteiger partial charge in [0.2, 0.25) is 0 Å². The van der Waals surface area contributed by atoms with Crippen molar-refractivity contribution in [1.29, 1.82) is 0 Å². The molecule has 192 valence electrons. The van der Waals surface area contributed by atoms with Crippen LogP contribution in [0.3, 0.4) is 0 Å². The summed E-state index contributed by atoms with van der Waals surface area (Å²) in [4.78, 5) is 45.2. The number of rotatable bonds is 17. The summed E-state index contributed by atoms with van der Waals surface area (Å²) in [6, 6.07) is 0. The van der Waals surface area contributed by atoms with Crippen LogP contribution in [0, 0.1) is 0 Å². The van der Waals surface area contributed by atoms with Crippen molar-refractivity contribution in [3.05, 3.63) is 0 Å². The molecule has 0 heterocycles. The summed E-state index contributed by atoms with van der Waals surface area (Å²) in [6.45, 7) is 3.69. The number of ether oxygens (including phenoxy) is 4. The smallest absolute Gasteiger partial charge is 0.407 e. The Hall–Kier alpha value is -2.92. The quantitative estimate of drug-likeness (QED) is 0.185. The Labute approximate surface area is 195 Å². The van der Waals surface area contributed by atoms with Crippen molar-refractivity contribution in [1.82, 2.24) is 21.3 Å². The van der Waals surface area contributed by atoms with Gasteiger partial charge in [-0.25, -0.2) is 19.2 Å². The van der Waals surface area contributed by atoms with Gasteiger partial charge in [0.25, 0.3) is 0 Å². The van der Waals surface area contributed by atoms with Gasteiger partial charge in [-0.05, 0) is 32.6 Å². The van der Waals surface area contributed by atoms with Crippen LogP contribution in [0.1, 0.15) is 58.3 Å². The number of methoxy groups -OCH3 is 2. The molecule has 1 atom stereocenters. The topological polar surface area (TPSA) is 153 Å². The molecule has 0 aromatic rings. The molecule has 12 nitrogen and oxygen atoms in total. The number of hydrogen-bond acceptors (Lipinski definition) is 8. The molecule has 0 bridgehead atoms. The molecule has 0 aliphatic heterocycles. The van der Waals surface area contributed by atoms with Crippen LogP contribution in [0.5, 0.6) is 0 Å². The molecule has 1 unspecified atom stereocenters. The molecule has 0 radical (unpaired) electrons. The summed E-state index contributed by atoms with van der Waals surface area (Å²) >= 11 is 0. The van der Waals surface area contributed by atoms with Gasteiger partial charge in [0, 0.05) is 26.2 Å². The second-order valence-electron chi connectivity index (χ2n) is 7.33. The molecule has 0 aliphatic rings. The predicted molar refractivity (Wildman–Crippen MR) is 121 cm³/mol. The van der Waals surface area contributed by atoms with Crippen LogP contribution in [0.4, 0.5) is 19.2 Å². The zero-order chi connectivity index (χ0) is 24.7. The maximum Gasteiger partial charge on any atom is 0.407 e. The fraction of sp³-hybridized carbons (Fsp3) is 0.810. The molecule has 0 fully saturated rings. The lowest BCUT2D eigenvalue weighted by molar-refractivity contribution is 0.0531. The highest BCUT2D eigenvalue weighted by atomic mass is 16.6. The van der Waals surface area contributed by atoms with E-state index in [1.54, 1.807) is 6.92 Å². The second-order valence-corrected chi connectivity index (χ2v) is 7.33. The summed E-state index contributed by atoms with van der Waals surface area (Å²) in [6.07, 6.45) is 4.38. The van der Waals surface area contributed by atoms with Crippen molar-refractivity contribution in [2.75, 3.05) is 47.0 Å². The number of nitrogens with one attached hydrogen (secondary N) is 4. The summed E-state index contributed by atoms with van der Waals surface area (Å²) in [5, 5.41) is 10.5. The molecule has 33 heavy (non-hydrogen) atoms. The van der Waals surface area contributed by atoms with Crippen LogP contribution < -0.4 is 21.3 Å². The van der Waals surface area contributed by atoms with Gasteiger partial charge >= 0.3 is 24.4 Å². The zero-order valence-corrected chi connectivity index (χ0v) is 20.0.